The molecule has 1 aliphatic rings. The number of hydrogen-bond acceptors (Lipinski definition) is 1. The third kappa shape index (κ3) is 2.51. The first kappa shape index (κ1) is 18.2. The standard InChI is InChI=1S/C27H28NO/c1-15-11-18-13-16(2)17(3)24-25(18)22(12-15)29-23-14-19-20(27(4,5)6)9-8-10-21(19)28(7)26(23)24/h8-14H,1-7H3/q+1. The molecule has 0 bridgehead atoms. The first-order valence-electron chi connectivity index (χ1n) is 10.4. The van der Waals surface area contributed by atoms with Gasteiger partial charge in [-0.2, -0.15) is 4.57 Å². The molecule has 1 aromatic heterocycles. The van der Waals surface area contributed by atoms with Crippen molar-refractivity contribution in [3.05, 3.63) is 64.7 Å². The van der Waals surface area contributed by atoms with Crippen molar-refractivity contribution in [1.29, 1.82) is 0 Å². The maximum Gasteiger partial charge on any atom is 0.256 e. The van der Waals surface area contributed by atoms with Gasteiger partial charge in [0, 0.05) is 17.5 Å². The number of nitrogens with zero attached hydrogens (tertiary/aromatic N) is 1. The van der Waals surface area contributed by atoms with E-state index in [1.165, 1.54) is 55.2 Å². The van der Waals surface area contributed by atoms with Crippen molar-refractivity contribution < 1.29 is 9.30 Å². The van der Waals surface area contributed by atoms with Gasteiger partial charge in [0.2, 0.25) is 5.52 Å². The van der Waals surface area contributed by atoms with E-state index in [4.69, 9.17) is 4.74 Å². The normalized spacial score (nSPS) is 12.9. The minimum Gasteiger partial charge on any atom is -0.450 e. The first-order chi connectivity index (χ1) is 13.7. The van der Waals surface area contributed by atoms with Crippen LogP contribution in [0.2, 0.25) is 0 Å². The topological polar surface area (TPSA) is 13.1 Å². The largest absolute Gasteiger partial charge is 0.450 e. The van der Waals surface area contributed by atoms with Crippen molar-refractivity contribution in [2.45, 2.75) is 47.0 Å². The fraction of sp³-hybridized carbons (Fsp3) is 0.296. The Balaban J connectivity index is 1.97. The molecule has 0 N–H and O–H groups in total. The van der Waals surface area contributed by atoms with Crippen LogP contribution in [0.5, 0.6) is 11.5 Å². The number of aryl methyl sites for hydroxylation is 3. The molecular formula is C27H28NO+. The summed E-state index contributed by atoms with van der Waals surface area (Å²) in [6.07, 6.45) is 0. The molecule has 0 saturated heterocycles. The Morgan fingerprint density at radius 2 is 1.66 bits per heavy atom. The van der Waals surface area contributed by atoms with Gasteiger partial charge in [-0.1, -0.05) is 45.0 Å². The minimum atomic E-state index is 0.0659. The van der Waals surface area contributed by atoms with Crippen LogP contribution in [0.15, 0.2) is 42.5 Å². The number of benzene rings is 3. The molecule has 0 fully saturated rings. The lowest BCUT2D eigenvalue weighted by atomic mass is 9.83. The molecule has 0 aliphatic carbocycles. The summed E-state index contributed by atoms with van der Waals surface area (Å²) in [5, 5.41) is 3.75. The third-order valence-electron chi connectivity index (χ3n) is 6.42. The van der Waals surface area contributed by atoms with Gasteiger partial charge < -0.3 is 4.74 Å². The molecule has 0 saturated carbocycles. The van der Waals surface area contributed by atoms with Crippen molar-refractivity contribution in [2.24, 2.45) is 7.05 Å². The zero-order valence-corrected chi connectivity index (χ0v) is 18.4. The Labute approximate surface area is 172 Å². The molecule has 3 aromatic carbocycles. The molecule has 0 amide bonds. The lowest BCUT2D eigenvalue weighted by molar-refractivity contribution is -0.633. The zero-order chi connectivity index (χ0) is 20.7. The van der Waals surface area contributed by atoms with E-state index in [1.54, 1.807) is 0 Å². The van der Waals surface area contributed by atoms with E-state index < -0.39 is 0 Å². The molecule has 0 atom stereocenters. The monoisotopic (exact) mass is 382 g/mol. The van der Waals surface area contributed by atoms with Crippen molar-refractivity contribution >= 4 is 21.7 Å². The van der Waals surface area contributed by atoms with Crippen LogP contribution in [0.3, 0.4) is 0 Å². The summed E-state index contributed by atoms with van der Waals surface area (Å²) in [5.74, 6) is 1.92. The molecule has 2 nitrogen and oxygen atoms in total. The predicted octanol–water partition coefficient (Wildman–Crippen LogP) is 6.81. The van der Waals surface area contributed by atoms with Gasteiger partial charge in [-0.05, 0) is 59.9 Å². The van der Waals surface area contributed by atoms with Gasteiger partial charge in [-0.15, -0.1) is 0 Å². The Bertz CT molecular complexity index is 1340. The molecule has 4 aromatic rings. The maximum atomic E-state index is 6.56. The molecule has 2 heterocycles. The molecule has 0 unspecified atom stereocenters. The van der Waals surface area contributed by atoms with Crippen LogP contribution in [-0.4, -0.2) is 0 Å². The lowest BCUT2D eigenvalue weighted by Gasteiger charge is -2.25. The van der Waals surface area contributed by atoms with Gasteiger partial charge in [-0.25, -0.2) is 0 Å². The molecule has 146 valence electrons. The van der Waals surface area contributed by atoms with E-state index in [1.807, 2.05) is 0 Å². The SMILES string of the molecule is Cc1cc2c3c(c(C)c(C)cc3c1)-c1c(cc3c(C(C)(C)C)cccc3[n+]1C)O2. The van der Waals surface area contributed by atoms with Crippen LogP contribution in [-0.2, 0) is 12.5 Å². The summed E-state index contributed by atoms with van der Waals surface area (Å²) in [4.78, 5) is 0. The molecule has 1 aliphatic heterocycles. The molecular weight excluding hydrogens is 354 g/mol. The quantitative estimate of drug-likeness (QED) is 0.268. The van der Waals surface area contributed by atoms with Gasteiger partial charge in [0.1, 0.15) is 12.8 Å². The number of fused-ring (bicyclic) bond motifs is 3. The van der Waals surface area contributed by atoms with Crippen LogP contribution in [0.1, 0.15) is 43.0 Å². The van der Waals surface area contributed by atoms with Gasteiger partial charge >= 0.3 is 0 Å². The summed E-state index contributed by atoms with van der Waals surface area (Å²) >= 11 is 0. The second-order valence-electron chi connectivity index (χ2n) is 9.56. The molecule has 5 rings (SSSR count). The molecule has 0 spiro atoms. The minimum absolute atomic E-state index is 0.0659. The third-order valence-corrected chi connectivity index (χ3v) is 6.42. The van der Waals surface area contributed by atoms with Crippen LogP contribution >= 0.6 is 0 Å². The molecule has 0 radical (unpaired) electrons. The van der Waals surface area contributed by atoms with Crippen LogP contribution in [0.4, 0.5) is 0 Å². The highest BCUT2D eigenvalue weighted by molar-refractivity contribution is 6.05. The van der Waals surface area contributed by atoms with Gasteiger partial charge in [-0.3, -0.25) is 0 Å². The Kier molecular flexibility index (Phi) is 3.65. The average molecular weight is 383 g/mol. The number of ether oxygens (including phenoxy) is 1. The molecule has 2 heteroatoms. The lowest BCUT2D eigenvalue weighted by Crippen LogP contribution is -2.34. The fourth-order valence-corrected chi connectivity index (χ4v) is 4.89. The fourth-order valence-electron chi connectivity index (χ4n) is 4.89. The van der Waals surface area contributed by atoms with Gasteiger partial charge in [0.15, 0.2) is 5.75 Å². The van der Waals surface area contributed by atoms with Crippen LogP contribution < -0.4 is 9.30 Å². The first-order valence-corrected chi connectivity index (χ1v) is 10.4. The van der Waals surface area contributed by atoms with E-state index in [9.17, 15) is 0 Å². The highest BCUT2D eigenvalue weighted by Crippen LogP contribution is 2.48. The van der Waals surface area contributed by atoms with E-state index in [-0.39, 0.29) is 5.41 Å². The number of aromatic nitrogens is 1. The van der Waals surface area contributed by atoms with Crippen molar-refractivity contribution in [2.75, 3.05) is 0 Å². The highest BCUT2D eigenvalue weighted by atomic mass is 16.5. The van der Waals surface area contributed by atoms with E-state index >= 15 is 0 Å². The Morgan fingerprint density at radius 1 is 0.897 bits per heavy atom. The average Bonchev–Trinajstić information content (AvgIpc) is 2.63. The van der Waals surface area contributed by atoms with Crippen LogP contribution in [0, 0.1) is 20.8 Å². The van der Waals surface area contributed by atoms with Crippen molar-refractivity contribution in [1.82, 2.24) is 0 Å². The van der Waals surface area contributed by atoms with E-state index in [2.05, 4.69) is 95.6 Å². The summed E-state index contributed by atoms with van der Waals surface area (Å²) in [7, 11) is 2.17. The smallest absolute Gasteiger partial charge is 0.256 e. The number of hydrogen-bond donors (Lipinski definition) is 0. The van der Waals surface area contributed by atoms with E-state index in [0.717, 1.165) is 11.5 Å². The number of pyridine rings is 1. The summed E-state index contributed by atoms with van der Waals surface area (Å²) in [5.41, 5.74) is 9.01. The highest BCUT2D eigenvalue weighted by Gasteiger charge is 2.32. The zero-order valence-electron chi connectivity index (χ0n) is 18.4. The van der Waals surface area contributed by atoms with Crippen molar-refractivity contribution in [3.8, 4) is 22.8 Å². The van der Waals surface area contributed by atoms with Crippen LogP contribution in [0.25, 0.3) is 32.9 Å². The molecule has 29 heavy (non-hydrogen) atoms. The summed E-state index contributed by atoms with van der Waals surface area (Å²) in [6, 6.07) is 15.6. The number of rotatable bonds is 0. The van der Waals surface area contributed by atoms with Crippen molar-refractivity contribution in [3.63, 3.8) is 0 Å². The van der Waals surface area contributed by atoms with Gasteiger partial charge in [0.05, 0.1) is 10.9 Å². The predicted molar refractivity (Wildman–Crippen MR) is 121 cm³/mol. The second-order valence-corrected chi connectivity index (χ2v) is 9.56. The maximum absolute atomic E-state index is 6.56. The summed E-state index contributed by atoms with van der Waals surface area (Å²) in [6.45, 7) is 13.4. The van der Waals surface area contributed by atoms with E-state index in [0.29, 0.717) is 0 Å². The Morgan fingerprint density at radius 3 is 2.38 bits per heavy atom. The Hall–Kier alpha value is -2.87. The second kappa shape index (κ2) is 5.82. The summed E-state index contributed by atoms with van der Waals surface area (Å²) < 4.78 is 8.88. The van der Waals surface area contributed by atoms with Gasteiger partial charge in [0.25, 0.3) is 5.69 Å².